The van der Waals surface area contributed by atoms with Gasteiger partial charge in [0.25, 0.3) is 0 Å². The van der Waals surface area contributed by atoms with E-state index in [1.165, 1.54) is 21.2 Å². The molecule has 0 aliphatic heterocycles. The molecule has 0 saturated heterocycles. The van der Waals surface area contributed by atoms with E-state index in [0.717, 1.165) is 89.6 Å². The fourth-order valence-corrected chi connectivity index (χ4v) is 13.4. The Hall–Kier alpha value is -4.82. The van der Waals surface area contributed by atoms with Crippen molar-refractivity contribution >= 4 is 47.7 Å². The van der Waals surface area contributed by atoms with Crippen LogP contribution in [0, 0.1) is 55.4 Å². The predicted octanol–water partition coefficient (Wildman–Crippen LogP) is 9.50. The zero-order valence-corrected chi connectivity index (χ0v) is 36.0. The molecule has 0 atom stereocenters. The highest BCUT2D eigenvalue weighted by Gasteiger charge is 2.27. The molecule has 0 saturated carbocycles. The Morgan fingerprint density at radius 3 is 0.764 bits per heavy atom. The highest BCUT2D eigenvalue weighted by Crippen LogP contribution is 2.44. The first kappa shape index (κ1) is 39.9. The molecule has 5 nitrogen and oxygen atoms in total. The predicted molar refractivity (Wildman–Crippen MR) is 234 cm³/mol. The van der Waals surface area contributed by atoms with E-state index in [2.05, 4.69) is 152 Å². The molecule has 0 amide bonds. The largest absolute Gasteiger partial charge is 0.496 e. The highest BCUT2D eigenvalue weighted by molar-refractivity contribution is 7.80. The van der Waals surface area contributed by atoms with Gasteiger partial charge in [-0.3, -0.25) is 0 Å². The third-order valence-corrected chi connectivity index (χ3v) is 14.9. The van der Waals surface area contributed by atoms with Crippen molar-refractivity contribution in [3.05, 3.63) is 142 Å². The molecule has 0 aliphatic carbocycles. The molecular weight excluding hydrogens is 718 g/mol. The molecule has 0 bridgehead atoms. The minimum Gasteiger partial charge on any atom is -0.496 e. The van der Waals surface area contributed by atoms with Crippen molar-refractivity contribution < 1.29 is 23.7 Å². The first-order valence-corrected chi connectivity index (χ1v) is 21.2. The van der Waals surface area contributed by atoms with E-state index in [1.54, 1.807) is 28.4 Å². The fourth-order valence-electron chi connectivity index (χ4n) is 7.94. The summed E-state index contributed by atoms with van der Waals surface area (Å²) in [4.78, 5) is 0. The molecule has 0 heterocycles. The molecule has 0 radical (unpaired) electrons. The van der Waals surface area contributed by atoms with E-state index in [4.69, 9.17) is 23.7 Å². The van der Waals surface area contributed by atoms with E-state index in [0.29, 0.717) is 0 Å². The van der Waals surface area contributed by atoms with Gasteiger partial charge in [-0.25, -0.2) is 0 Å². The Balaban J connectivity index is 1.56. The van der Waals surface area contributed by atoms with Crippen molar-refractivity contribution in [1.82, 2.24) is 0 Å². The number of para-hydroxylation sites is 2. The van der Waals surface area contributed by atoms with Crippen LogP contribution in [-0.4, -0.2) is 28.4 Å². The van der Waals surface area contributed by atoms with E-state index in [-0.39, 0.29) is 0 Å². The lowest BCUT2D eigenvalue weighted by Crippen LogP contribution is -2.25. The van der Waals surface area contributed by atoms with Gasteiger partial charge in [0.05, 0.1) is 28.4 Å². The standard InChI is InChI=1S/C48H52O5P2/c1-29-21-37(22-30(2)45(29)49-9)54(38-23-31(3)46(50-10)32(4)24-38)43-19-15-13-17-41(43)53-42-18-14-16-20-44(42)55(39-25-33(5)47(51-11)34(6)26-39)40-27-35(7)48(52-12)36(8)28-40/h13-28H,1-12H3. The molecular formula is C48H52O5P2. The van der Waals surface area contributed by atoms with Gasteiger partial charge < -0.3 is 23.7 Å². The number of methoxy groups -OCH3 is 4. The number of ether oxygens (including phenoxy) is 5. The van der Waals surface area contributed by atoms with Gasteiger partial charge in [-0.15, -0.1) is 0 Å². The van der Waals surface area contributed by atoms with E-state index < -0.39 is 15.8 Å². The van der Waals surface area contributed by atoms with Crippen molar-refractivity contribution in [2.75, 3.05) is 28.4 Å². The molecule has 0 aromatic heterocycles. The summed E-state index contributed by atoms with van der Waals surface area (Å²) in [5.41, 5.74) is 8.86. The normalized spacial score (nSPS) is 11.2. The molecule has 0 spiro atoms. The van der Waals surface area contributed by atoms with Crippen LogP contribution < -0.4 is 55.5 Å². The second kappa shape index (κ2) is 16.9. The molecule has 0 aliphatic rings. The van der Waals surface area contributed by atoms with Gasteiger partial charge in [0.2, 0.25) is 0 Å². The second-order valence-electron chi connectivity index (χ2n) is 14.2. The first-order valence-electron chi connectivity index (χ1n) is 18.5. The number of rotatable bonds is 12. The maximum absolute atomic E-state index is 7.24. The van der Waals surface area contributed by atoms with Crippen LogP contribution in [0.3, 0.4) is 0 Å². The average Bonchev–Trinajstić information content (AvgIpc) is 3.13. The Morgan fingerprint density at radius 1 is 0.327 bits per heavy atom. The Morgan fingerprint density at radius 2 is 0.545 bits per heavy atom. The van der Waals surface area contributed by atoms with E-state index in [9.17, 15) is 0 Å². The highest BCUT2D eigenvalue weighted by atomic mass is 31.1. The third-order valence-electron chi connectivity index (χ3n) is 10.1. The van der Waals surface area contributed by atoms with Crippen molar-refractivity contribution in [1.29, 1.82) is 0 Å². The molecule has 0 unspecified atom stereocenters. The van der Waals surface area contributed by atoms with Crippen LogP contribution in [0.5, 0.6) is 34.5 Å². The Bertz CT molecular complexity index is 1990. The lowest BCUT2D eigenvalue weighted by atomic mass is 10.1. The van der Waals surface area contributed by atoms with Crippen LogP contribution in [0.1, 0.15) is 44.5 Å². The molecule has 0 N–H and O–H groups in total. The Labute approximate surface area is 330 Å². The number of hydrogen-bond acceptors (Lipinski definition) is 5. The zero-order valence-electron chi connectivity index (χ0n) is 34.2. The zero-order chi connectivity index (χ0) is 39.6. The van der Waals surface area contributed by atoms with E-state index >= 15 is 0 Å². The maximum Gasteiger partial charge on any atom is 0.135 e. The quantitative estimate of drug-likeness (QED) is 0.116. The van der Waals surface area contributed by atoms with Crippen LogP contribution in [0.25, 0.3) is 0 Å². The topological polar surface area (TPSA) is 46.2 Å². The lowest BCUT2D eigenvalue weighted by Gasteiger charge is -2.27. The van der Waals surface area contributed by atoms with E-state index in [1.807, 2.05) is 0 Å². The fraction of sp³-hybridized carbons (Fsp3) is 0.250. The summed E-state index contributed by atoms with van der Waals surface area (Å²) in [5, 5.41) is 7.20. The van der Waals surface area contributed by atoms with Crippen molar-refractivity contribution in [2.24, 2.45) is 0 Å². The van der Waals surface area contributed by atoms with Crippen molar-refractivity contribution in [3.63, 3.8) is 0 Å². The van der Waals surface area contributed by atoms with Gasteiger partial charge in [0.15, 0.2) is 0 Å². The summed E-state index contributed by atoms with van der Waals surface area (Å²) in [6.45, 7) is 17.0. The number of hydrogen-bond donors (Lipinski definition) is 0. The summed E-state index contributed by atoms with van der Waals surface area (Å²) in [5.74, 6) is 5.33. The molecule has 55 heavy (non-hydrogen) atoms. The minimum atomic E-state index is -1.06. The van der Waals surface area contributed by atoms with Crippen LogP contribution in [0.2, 0.25) is 0 Å². The molecule has 0 fully saturated rings. The van der Waals surface area contributed by atoms with Gasteiger partial charge >= 0.3 is 0 Å². The molecule has 6 aromatic carbocycles. The van der Waals surface area contributed by atoms with Gasteiger partial charge in [0.1, 0.15) is 34.5 Å². The summed E-state index contributed by atoms with van der Waals surface area (Å²) < 4.78 is 30.5. The van der Waals surface area contributed by atoms with Gasteiger partial charge in [-0.05, 0) is 198 Å². The summed E-state index contributed by atoms with van der Waals surface area (Å²) >= 11 is 0. The summed E-state index contributed by atoms with van der Waals surface area (Å²) in [6.07, 6.45) is 0. The van der Waals surface area contributed by atoms with Gasteiger partial charge in [-0.2, -0.15) is 0 Å². The lowest BCUT2D eigenvalue weighted by molar-refractivity contribution is 0.408. The molecule has 7 heteroatoms. The number of aryl methyl sites for hydroxylation is 8. The van der Waals surface area contributed by atoms with Gasteiger partial charge in [0, 0.05) is 10.6 Å². The monoisotopic (exact) mass is 770 g/mol. The van der Waals surface area contributed by atoms with Crippen LogP contribution in [-0.2, 0) is 0 Å². The van der Waals surface area contributed by atoms with Crippen LogP contribution >= 0.6 is 15.8 Å². The van der Waals surface area contributed by atoms with Crippen molar-refractivity contribution in [2.45, 2.75) is 55.4 Å². The van der Waals surface area contributed by atoms with Gasteiger partial charge in [-0.1, -0.05) is 36.4 Å². The Kier molecular flexibility index (Phi) is 12.3. The SMILES string of the molecule is COc1c(C)cc(P(c2cc(C)c(OC)c(C)c2)c2ccccc2Oc2ccccc2P(c2cc(C)c(OC)c(C)c2)c2cc(C)c(OC)c(C)c2)cc1C. The average molecular weight is 771 g/mol. The molecule has 6 rings (SSSR count). The van der Waals surface area contributed by atoms with Crippen molar-refractivity contribution in [3.8, 4) is 34.5 Å². The molecule has 284 valence electrons. The minimum absolute atomic E-state index is 0.831. The summed E-state index contributed by atoms with van der Waals surface area (Å²) in [6, 6.07) is 35.3. The van der Waals surface area contributed by atoms with Crippen LogP contribution in [0.15, 0.2) is 97.1 Å². The summed E-state index contributed by atoms with van der Waals surface area (Å²) in [7, 11) is 4.85. The maximum atomic E-state index is 7.24. The van der Waals surface area contributed by atoms with Crippen LogP contribution in [0.4, 0.5) is 0 Å². The second-order valence-corrected chi connectivity index (χ2v) is 18.5. The third kappa shape index (κ3) is 7.97. The smallest absolute Gasteiger partial charge is 0.135 e. The first-order chi connectivity index (χ1) is 26.4. The number of benzene rings is 6. The molecule has 6 aromatic rings.